The number of aliphatic hydroxyl groups excluding tert-OH is 1. The first-order valence-electron chi connectivity index (χ1n) is 5.64. The minimum atomic E-state index is -0.0185. The second-order valence-corrected chi connectivity index (χ2v) is 3.49. The third kappa shape index (κ3) is 8.10. The Hall–Kier alpha value is -0.520. The molecule has 0 heterocycles. The summed E-state index contributed by atoms with van der Waals surface area (Å²) in [6, 6.07) is 0. The molecule has 1 N–H and O–H groups in total. The Morgan fingerprint density at radius 2 is 1.57 bits per heavy atom. The van der Waals surface area contributed by atoms with Gasteiger partial charge in [-0.1, -0.05) is 38.5 Å². The maximum Gasteiger partial charge on any atom is 0.104 e. The molecule has 0 fully saturated rings. The van der Waals surface area contributed by atoms with Gasteiger partial charge in [0.2, 0.25) is 0 Å². The van der Waals surface area contributed by atoms with E-state index in [9.17, 15) is 0 Å². The lowest BCUT2D eigenvalue weighted by Gasteiger charge is -2.18. The van der Waals surface area contributed by atoms with Gasteiger partial charge in [-0.05, 0) is 25.9 Å². The summed E-state index contributed by atoms with van der Waals surface area (Å²) in [6.45, 7) is 7.47. The summed E-state index contributed by atoms with van der Waals surface area (Å²) in [4.78, 5) is 2.37. The highest BCUT2D eigenvalue weighted by molar-refractivity contribution is 5.00. The molecule has 82 valence electrons. The zero-order valence-corrected chi connectivity index (χ0v) is 9.55. The third-order valence-electron chi connectivity index (χ3n) is 2.16. The Bertz CT molecular complexity index is 161. The molecule has 0 aromatic heterocycles. The van der Waals surface area contributed by atoms with Crippen LogP contribution in [0, 0.1) is 11.8 Å². The van der Waals surface area contributed by atoms with Gasteiger partial charge in [0.05, 0.1) is 6.54 Å². The zero-order chi connectivity index (χ0) is 10.6. The third-order valence-corrected chi connectivity index (χ3v) is 2.16. The van der Waals surface area contributed by atoms with Crippen molar-refractivity contribution in [2.24, 2.45) is 0 Å². The molecule has 0 aromatic carbocycles. The molecule has 0 saturated carbocycles. The highest BCUT2D eigenvalue weighted by Gasteiger charge is 2.00. The Balaban J connectivity index is 3.71. The lowest BCUT2D eigenvalue weighted by atomic mass is 10.2. The van der Waals surface area contributed by atoms with Crippen LogP contribution in [0.15, 0.2) is 0 Å². The van der Waals surface area contributed by atoms with Gasteiger partial charge in [0.15, 0.2) is 0 Å². The van der Waals surface area contributed by atoms with Crippen LogP contribution in [0.4, 0.5) is 0 Å². The first kappa shape index (κ1) is 13.5. The van der Waals surface area contributed by atoms with Gasteiger partial charge in [0.25, 0.3) is 0 Å². The normalized spacial score (nSPS) is 10.0. The smallest absolute Gasteiger partial charge is 0.104 e. The Kier molecular flexibility index (Phi) is 10.2. The fourth-order valence-electron chi connectivity index (χ4n) is 1.26. The molecule has 0 aliphatic heterocycles. The molecule has 2 heteroatoms. The van der Waals surface area contributed by atoms with Crippen LogP contribution in [0.3, 0.4) is 0 Å². The number of nitrogens with zero attached hydrogens (tertiary/aromatic N) is 1. The van der Waals surface area contributed by atoms with E-state index in [1.54, 1.807) is 0 Å². The van der Waals surface area contributed by atoms with Gasteiger partial charge in [-0.3, -0.25) is 4.90 Å². The van der Waals surface area contributed by atoms with Crippen LogP contribution in [0.2, 0.25) is 0 Å². The summed E-state index contributed by atoms with van der Waals surface area (Å²) in [7, 11) is 0. The fourth-order valence-corrected chi connectivity index (χ4v) is 1.26. The van der Waals surface area contributed by atoms with Crippen molar-refractivity contribution >= 4 is 0 Å². The van der Waals surface area contributed by atoms with Gasteiger partial charge in [0.1, 0.15) is 6.61 Å². The number of unbranched alkanes of at least 4 members (excludes halogenated alkanes) is 2. The number of rotatable bonds is 7. The van der Waals surface area contributed by atoms with Crippen LogP contribution in [0.5, 0.6) is 0 Å². The van der Waals surface area contributed by atoms with Crippen molar-refractivity contribution in [3.63, 3.8) is 0 Å². The van der Waals surface area contributed by atoms with E-state index in [1.165, 1.54) is 25.7 Å². The van der Waals surface area contributed by atoms with Crippen LogP contribution in [-0.2, 0) is 0 Å². The molecule has 0 bridgehead atoms. The summed E-state index contributed by atoms with van der Waals surface area (Å²) in [5.41, 5.74) is 0. The summed E-state index contributed by atoms with van der Waals surface area (Å²) >= 11 is 0. The average Bonchev–Trinajstić information content (AvgIpc) is 2.21. The van der Waals surface area contributed by atoms with E-state index in [0.29, 0.717) is 0 Å². The van der Waals surface area contributed by atoms with E-state index in [4.69, 9.17) is 5.11 Å². The molecule has 0 radical (unpaired) electrons. The largest absolute Gasteiger partial charge is 0.384 e. The minimum absolute atomic E-state index is 0.0185. The predicted octanol–water partition coefficient (Wildman–Crippen LogP) is 1.88. The van der Waals surface area contributed by atoms with E-state index in [-0.39, 0.29) is 6.61 Å². The topological polar surface area (TPSA) is 23.5 Å². The van der Waals surface area contributed by atoms with Crippen LogP contribution in [0.1, 0.15) is 39.5 Å². The maximum absolute atomic E-state index is 8.54. The lowest BCUT2D eigenvalue weighted by molar-refractivity contribution is 0.296. The van der Waals surface area contributed by atoms with E-state index in [2.05, 4.69) is 30.6 Å². The standard InChI is InChI=1S/C12H23NO/c1-3-5-9-13(10-6-4-2)11-7-8-12-14/h14H,3-6,9-12H2,1-2H3. The van der Waals surface area contributed by atoms with Crippen molar-refractivity contribution in [2.75, 3.05) is 26.2 Å². The van der Waals surface area contributed by atoms with Crippen LogP contribution in [-0.4, -0.2) is 36.2 Å². The van der Waals surface area contributed by atoms with Gasteiger partial charge in [0, 0.05) is 0 Å². The van der Waals surface area contributed by atoms with Crippen molar-refractivity contribution in [3.8, 4) is 11.8 Å². The zero-order valence-electron chi connectivity index (χ0n) is 9.55. The highest BCUT2D eigenvalue weighted by Crippen LogP contribution is 1.97. The first-order valence-corrected chi connectivity index (χ1v) is 5.64. The average molecular weight is 197 g/mol. The van der Waals surface area contributed by atoms with E-state index < -0.39 is 0 Å². The van der Waals surface area contributed by atoms with E-state index in [0.717, 1.165) is 19.6 Å². The quantitative estimate of drug-likeness (QED) is 0.630. The molecule has 0 spiro atoms. The highest BCUT2D eigenvalue weighted by atomic mass is 16.2. The minimum Gasteiger partial charge on any atom is -0.384 e. The fraction of sp³-hybridized carbons (Fsp3) is 0.833. The van der Waals surface area contributed by atoms with Gasteiger partial charge >= 0.3 is 0 Å². The summed E-state index contributed by atoms with van der Waals surface area (Å²) < 4.78 is 0. The van der Waals surface area contributed by atoms with Gasteiger partial charge in [-0.15, -0.1) is 0 Å². The molecule has 0 atom stereocenters. The second-order valence-electron chi connectivity index (χ2n) is 3.49. The molecule has 0 aliphatic rings. The van der Waals surface area contributed by atoms with E-state index >= 15 is 0 Å². The molecule has 0 amide bonds. The summed E-state index contributed by atoms with van der Waals surface area (Å²) in [6.07, 6.45) is 4.95. The molecule has 14 heavy (non-hydrogen) atoms. The van der Waals surface area contributed by atoms with Crippen molar-refractivity contribution in [3.05, 3.63) is 0 Å². The van der Waals surface area contributed by atoms with Crippen LogP contribution in [0.25, 0.3) is 0 Å². The van der Waals surface area contributed by atoms with E-state index in [1.807, 2.05) is 0 Å². The monoisotopic (exact) mass is 197 g/mol. The molecule has 0 aromatic rings. The molecule has 2 nitrogen and oxygen atoms in total. The van der Waals surface area contributed by atoms with Crippen molar-refractivity contribution in [1.82, 2.24) is 4.90 Å². The van der Waals surface area contributed by atoms with Gasteiger partial charge < -0.3 is 5.11 Å². The van der Waals surface area contributed by atoms with Crippen molar-refractivity contribution < 1.29 is 5.11 Å². The number of hydrogen-bond donors (Lipinski definition) is 1. The Morgan fingerprint density at radius 1 is 1.00 bits per heavy atom. The van der Waals surface area contributed by atoms with Crippen LogP contribution >= 0.6 is 0 Å². The second kappa shape index (κ2) is 10.6. The predicted molar refractivity (Wildman–Crippen MR) is 61.1 cm³/mol. The molecule has 0 saturated heterocycles. The first-order chi connectivity index (χ1) is 6.85. The number of aliphatic hydroxyl groups is 1. The Labute approximate surface area is 88.3 Å². The maximum atomic E-state index is 8.54. The molecule has 0 rings (SSSR count). The molecule has 0 aliphatic carbocycles. The molecular formula is C12H23NO. The lowest BCUT2D eigenvalue weighted by Crippen LogP contribution is -2.26. The Morgan fingerprint density at radius 3 is 2.00 bits per heavy atom. The van der Waals surface area contributed by atoms with Gasteiger partial charge in [-0.25, -0.2) is 0 Å². The number of hydrogen-bond acceptors (Lipinski definition) is 2. The SMILES string of the molecule is CCCCN(CC#CCO)CCCC. The van der Waals surface area contributed by atoms with Crippen molar-refractivity contribution in [1.29, 1.82) is 0 Å². The summed E-state index contributed by atoms with van der Waals surface area (Å²) in [5.74, 6) is 5.67. The molecular weight excluding hydrogens is 174 g/mol. The molecule has 0 unspecified atom stereocenters. The van der Waals surface area contributed by atoms with Crippen LogP contribution < -0.4 is 0 Å². The van der Waals surface area contributed by atoms with Gasteiger partial charge in [-0.2, -0.15) is 0 Å². The van der Waals surface area contributed by atoms with Crippen molar-refractivity contribution in [2.45, 2.75) is 39.5 Å². The summed E-state index contributed by atoms with van der Waals surface area (Å²) in [5, 5.41) is 8.54.